The number of hydrogen-bond acceptors (Lipinski definition) is 3. The third-order valence-electron chi connectivity index (χ3n) is 1.76. The van der Waals surface area contributed by atoms with Gasteiger partial charge in [-0.3, -0.25) is 9.79 Å². The van der Waals surface area contributed by atoms with Gasteiger partial charge in [-0.2, -0.15) is 0 Å². The van der Waals surface area contributed by atoms with Gasteiger partial charge in [0.15, 0.2) is 0 Å². The zero-order valence-corrected chi connectivity index (χ0v) is 6.92. The Bertz CT molecular complexity index is 243. The summed E-state index contributed by atoms with van der Waals surface area (Å²) in [4.78, 5) is 14.8. The minimum Gasteiger partial charge on any atom is -0.394 e. The fourth-order valence-electron chi connectivity index (χ4n) is 1.09. The molecule has 0 radical (unpaired) electrons. The third-order valence-corrected chi connectivity index (χ3v) is 1.76. The fourth-order valence-corrected chi connectivity index (χ4v) is 1.09. The third kappa shape index (κ3) is 2.38. The molecule has 4 N–H and O–H groups in total. The van der Waals surface area contributed by atoms with Crippen LogP contribution in [0.5, 0.6) is 0 Å². The summed E-state index contributed by atoms with van der Waals surface area (Å²) in [5, 5.41) is 0. The van der Waals surface area contributed by atoms with Crippen LogP contribution in [0, 0.1) is 0 Å². The molecular formula is C8H13N3O. The molecule has 0 saturated carbocycles. The molecular weight excluding hydrogens is 154 g/mol. The predicted octanol–water partition coefficient (Wildman–Crippen LogP) is -0.0608. The van der Waals surface area contributed by atoms with Crippen molar-refractivity contribution >= 4 is 11.6 Å². The Morgan fingerprint density at radius 1 is 1.42 bits per heavy atom. The topological polar surface area (TPSA) is 81.5 Å². The Morgan fingerprint density at radius 3 is 2.67 bits per heavy atom. The van der Waals surface area contributed by atoms with Crippen LogP contribution in [0.3, 0.4) is 0 Å². The van der Waals surface area contributed by atoms with E-state index in [4.69, 9.17) is 11.5 Å². The fraction of sp³-hybridized carbons (Fsp3) is 0.500. The van der Waals surface area contributed by atoms with Gasteiger partial charge >= 0.3 is 0 Å². The molecule has 0 spiro atoms. The molecule has 1 rings (SSSR count). The second-order valence-corrected chi connectivity index (χ2v) is 2.79. The smallest absolute Gasteiger partial charge is 0.264 e. The number of hydrogen-bond donors (Lipinski definition) is 2. The number of primary amides is 1. The summed E-state index contributed by atoms with van der Waals surface area (Å²) in [6.07, 6.45) is 4.70. The zero-order chi connectivity index (χ0) is 8.97. The van der Waals surface area contributed by atoms with E-state index in [1.165, 1.54) is 0 Å². The second-order valence-electron chi connectivity index (χ2n) is 2.79. The van der Waals surface area contributed by atoms with E-state index < -0.39 is 5.91 Å². The van der Waals surface area contributed by atoms with Crippen molar-refractivity contribution in [2.24, 2.45) is 16.5 Å². The van der Waals surface area contributed by atoms with Gasteiger partial charge in [-0.25, -0.2) is 0 Å². The van der Waals surface area contributed by atoms with Crippen molar-refractivity contribution in [2.75, 3.05) is 6.54 Å². The summed E-state index contributed by atoms with van der Waals surface area (Å²) in [5.41, 5.74) is 11.3. The van der Waals surface area contributed by atoms with Crippen molar-refractivity contribution in [1.29, 1.82) is 0 Å². The lowest BCUT2D eigenvalue weighted by atomic mass is 10.1. The number of nitrogens with two attached hydrogens (primary N) is 2. The highest BCUT2D eigenvalue weighted by atomic mass is 16.1. The zero-order valence-electron chi connectivity index (χ0n) is 6.92. The van der Waals surface area contributed by atoms with Gasteiger partial charge < -0.3 is 11.5 Å². The summed E-state index contributed by atoms with van der Waals surface area (Å²) in [7, 11) is 0. The first kappa shape index (κ1) is 8.77. The van der Waals surface area contributed by atoms with Gasteiger partial charge in [-0.15, -0.1) is 0 Å². The van der Waals surface area contributed by atoms with Crippen LogP contribution in [0.4, 0.5) is 0 Å². The summed E-state index contributed by atoms with van der Waals surface area (Å²) in [6.45, 7) is 0.831. The Morgan fingerprint density at radius 2 is 2.17 bits per heavy atom. The molecule has 0 aromatic carbocycles. The Labute approximate surface area is 71.3 Å². The van der Waals surface area contributed by atoms with Crippen LogP contribution in [0.2, 0.25) is 0 Å². The first-order valence-electron chi connectivity index (χ1n) is 4.00. The molecule has 66 valence electrons. The Hall–Kier alpha value is -1.32. The Balaban J connectivity index is 2.65. The summed E-state index contributed by atoms with van der Waals surface area (Å²) >= 11 is 0. The SMILES string of the molecule is NC(=O)/C(N)=C/C1=NCCCC1. The predicted molar refractivity (Wildman–Crippen MR) is 47.6 cm³/mol. The van der Waals surface area contributed by atoms with Crippen LogP contribution in [0.25, 0.3) is 0 Å². The maximum atomic E-state index is 10.5. The van der Waals surface area contributed by atoms with E-state index in [-0.39, 0.29) is 5.70 Å². The number of allylic oxidation sites excluding steroid dienone is 1. The molecule has 4 nitrogen and oxygen atoms in total. The van der Waals surface area contributed by atoms with Crippen LogP contribution in [-0.4, -0.2) is 18.2 Å². The van der Waals surface area contributed by atoms with E-state index in [1.807, 2.05) is 0 Å². The number of amides is 1. The van der Waals surface area contributed by atoms with Crippen molar-refractivity contribution in [2.45, 2.75) is 19.3 Å². The minimum absolute atomic E-state index is 0.0932. The van der Waals surface area contributed by atoms with Crippen molar-refractivity contribution < 1.29 is 4.79 Å². The monoisotopic (exact) mass is 167 g/mol. The molecule has 0 unspecified atom stereocenters. The molecule has 4 heteroatoms. The Kier molecular flexibility index (Phi) is 2.85. The van der Waals surface area contributed by atoms with Crippen molar-refractivity contribution in [1.82, 2.24) is 0 Å². The normalized spacial score (nSPS) is 18.7. The largest absolute Gasteiger partial charge is 0.394 e. The van der Waals surface area contributed by atoms with Crippen LogP contribution >= 0.6 is 0 Å². The maximum Gasteiger partial charge on any atom is 0.264 e. The van der Waals surface area contributed by atoms with Crippen molar-refractivity contribution in [3.8, 4) is 0 Å². The van der Waals surface area contributed by atoms with Crippen molar-refractivity contribution in [3.05, 3.63) is 11.8 Å². The van der Waals surface area contributed by atoms with Gasteiger partial charge in [0.05, 0.1) is 5.70 Å². The molecule has 0 aromatic rings. The van der Waals surface area contributed by atoms with Crippen LogP contribution in [0.15, 0.2) is 16.8 Å². The van der Waals surface area contributed by atoms with Crippen LogP contribution in [-0.2, 0) is 4.79 Å². The molecule has 1 aliphatic heterocycles. The van der Waals surface area contributed by atoms with Gasteiger partial charge in [0, 0.05) is 12.3 Å². The molecule has 1 aliphatic rings. The lowest BCUT2D eigenvalue weighted by Gasteiger charge is -2.07. The highest BCUT2D eigenvalue weighted by Crippen LogP contribution is 2.07. The maximum absolute atomic E-state index is 10.5. The highest BCUT2D eigenvalue weighted by Gasteiger charge is 2.05. The van der Waals surface area contributed by atoms with Gasteiger partial charge in [-0.1, -0.05) is 0 Å². The van der Waals surface area contributed by atoms with E-state index in [0.29, 0.717) is 0 Å². The molecule has 0 aromatic heterocycles. The molecule has 0 atom stereocenters. The van der Waals surface area contributed by atoms with Gasteiger partial charge in [-0.05, 0) is 25.3 Å². The standard InChI is InChI=1S/C8H13N3O/c9-7(8(10)12)5-6-3-1-2-4-11-6/h5H,1-4,9H2,(H2,10,12)/b7-5-. The molecule has 0 saturated heterocycles. The average Bonchev–Trinajstić information content (AvgIpc) is 2.06. The number of nitrogens with zero attached hydrogens (tertiary/aromatic N) is 1. The van der Waals surface area contributed by atoms with E-state index in [2.05, 4.69) is 4.99 Å². The van der Waals surface area contributed by atoms with Crippen LogP contribution < -0.4 is 11.5 Å². The van der Waals surface area contributed by atoms with Crippen molar-refractivity contribution in [3.63, 3.8) is 0 Å². The number of rotatable bonds is 2. The highest BCUT2D eigenvalue weighted by molar-refractivity contribution is 6.03. The first-order valence-corrected chi connectivity index (χ1v) is 4.00. The summed E-state index contributed by atoms with van der Waals surface area (Å²) in [6, 6.07) is 0. The average molecular weight is 167 g/mol. The second kappa shape index (κ2) is 3.90. The van der Waals surface area contributed by atoms with Gasteiger partial charge in [0.1, 0.15) is 0 Å². The summed E-state index contributed by atoms with van der Waals surface area (Å²) in [5.74, 6) is -0.580. The molecule has 0 fully saturated rings. The van der Waals surface area contributed by atoms with Crippen LogP contribution in [0.1, 0.15) is 19.3 Å². The van der Waals surface area contributed by atoms with E-state index >= 15 is 0 Å². The minimum atomic E-state index is -0.580. The van der Waals surface area contributed by atoms with E-state index in [1.54, 1.807) is 6.08 Å². The molecule has 0 bridgehead atoms. The molecule has 0 aliphatic carbocycles. The molecule has 1 amide bonds. The number of carbonyl (C=O) groups is 1. The lowest BCUT2D eigenvalue weighted by molar-refractivity contribution is -0.114. The number of aliphatic imine (C=N–C) groups is 1. The first-order chi connectivity index (χ1) is 5.70. The quantitative estimate of drug-likeness (QED) is 0.565. The van der Waals surface area contributed by atoms with E-state index in [0.717, 1.165) is 31.5 Å². The summed E-state index contributed by atoms with van der Waals surface area (Å²) < 4.78 is 0. The van der Waals surface area contributed by atoms with Gasteiger partial charge in [0.2, 0.25) is 0 Å². The van der Waals surface area contributed by atoms with E-state index in [9.17, 15) is 4.79 Å². The van der Waals surface area contributed by atoms with Gasteiger partial charge in [0.25, 0.3) is 5.91 Å². The number of carbonyl (C=O) groups excluding carboxylic acids is 1. The molecule has 1 heterocycles. The lowest BCUT2D eigenvalue weighted by Crippen LogP contribution is -2.21. The molecule has 12 heavy (non-hydrogen) atoms.